The quantitative estimate of drug-likeness (QED) is 0.859. The Balaban J connectivity index is 2.17. The molecular weight excluding hydrogens is 292 g/mol. The van der Waals surface area contributed by atoms with E-state index in [4.69, 9.17) is 11.6 Å². The molecule has 0 N–H and O–H groups in total. The van der Waals surface area contributed by atoms with Crippen molar-refractivity contribution < 1.29 is 8.42 Å². The summed E-state index contributed by atoms with van der Waals surface area (Å²) in [6.45, 7) is 2.27. The average molecular weight is 309 g/mol. The minimum Gasteiger partial charge on any atom is -0.229 e. The van der Waals surface area contributed by atoms with Gasteiger partial charge < -0.3 is 0 Å². The van der Waals surface area contributed by atoms with Gasteiger partial charge >= 0.3 is 0 Å². The van der Waals surface area contributed by atoms with Gasteiger partial charge in [0.05, 0.1) is 5.69 Å². The Hall–Kier alpha value is -0.170. The summed E-state index contributed by atoms with van der Waals surface area (Å²) in [5.74, 6) is 0.494. The van der Waals surface area contributed by atoms with E-state index >= 15 is 0 Å². The third-order valence-electron chi connectivity index (χ3n) is 3.36. The molecule has 1 saturated carbocycles. The van der Waals surface area contributed by atoms with Crippen LogP contribution < -0.4 is 0 Å². The Bertz CT molecular complexity index is 521. The molecule has 0 atom stereocenters. The fourth-order valence-electron chi connectivity index (χ4n) is 2.39. The van der Waals surface area contributed by atoms with Crippen LogP contribution in [0.4, 0.5) is 0 Å². The molecule has 7 heteroatoms. The standard InChI is InChI=1S/C11H17ClN2O2S2/c1-8-10(17-11(12)13-8)18(15,16)14(2)7-9-5-3-4-6-9/h9H,3-7H2,1-2H3. The van der Waals surface area contributed by atoms with Crippen LogP contribution in [0.25, 0.3) is 0 Å². The molecule has 0 spiro atoms. The summed E-state index contributed by atoms with van der Waals surface area (Å²) in [5, 5.41) is 0. The van der Waals surface area contributed by atoms with Gasteiger partial charge in [0.25, 0.3) is 10.0 Å². The predicted molar refractivity (Wildman–Crippen MR) is 73.6 cm³/mol. The van der Waals surface area contributed by atoms with Crippen LogP contribution in [0.2, 0.25) is 4.47 Å². The number of hydrogen-bond donors (Lipinski definition) is 0. The molecule has 4 nitrogen and oxygen atoms in total. The van der Waals surface area contributed by atoms with Crippen LogP contribution in [0.5, 0.6) is 0 Å². The second kappa shape index (κ2) is 5.45. The van der Waals surface area contributed by atoms with Crippen LogP contribution in [0.15, 0.2) is 4.21 Å². The normalized spacial score (nSPS) is 17.8. The largest absolute Gasteiger partial charge is 0.254 e. The highest BCUT2D eigenvalue weighted by Crippen LogP contribution is 2.31. The van der Waals surface area contributed by atoms with Crippen molar-refractivity contribution >= 4 is 33.0 Å². The maximum atomic E-state index is 12.4. The highest BCUT2D eigenvalue weighted by molar-refractivity contribution is 7.91. The van der Waals surface area contributed by atoms with Gasteiger partial charge in [-0.1, -0.05) is 35.8 Å². The third kappa shape index (κ3) is 2.87. The van der Waals surface area contributed by atoms with E-state index in [1.165, 1.54) is 17.1 Å². The Labute approximate surface area is 117 Å². The molecule has 0 amide bonds. The molecule has 1 aliphatic rings. The molecule has 1 aromatic rings. The molecule has 18 heavy (non-hydrogen) atoms. The number of halogens is 1. The molecule has 0 saturated heterocycles. The maximum Gasteiger partial charge on any atom is 0.254 e. The molecule has 1 fully saturated rings. The molecule has 1 heterocycles. The van der Waals surface area contributed by atoms with Gasteiger partial charge in [0.1, 0.15) is 0 Å². The number of hydrogen-bond acceptors (Lipinski definition) is 4. The smallest absolute Gasteiger partial charge is 0.229 e. The molecule has 0 bridgehead atoms. The van der Waals surface area contributed by atoms with Crippen LogP contribution in [0.1, 0.15) is 31.4 Å². The fraction of sp³-hybridized carbons (Fsp3) is 0.727. The summed E-state index contributed by atoms with van der Waals surface area (Å²) in [6, 6.07) is 0. The van der Waals surface area contributed by atoms with Crippen LogP contribution in [0.3, 0.4) is 0 Å². The van der Waals surface area contributed by atoms with Crippen molar-refractivity contribution in [1.82, 2.24) is 9.29 Å². The first-order valence-corrected chi connectivity index (χ1v) is 8.64. The topological polar surface area (TPSA) is 50.3 Å². The van der Waals surface area contributed by atoms with Crippen LogP contribution >= 0.6 is 22.9 Å². The van der Waals surface area contributed by atoms with Crippen molar-refractivity contribution in [3.63, 3.8) is 0 Å². The van der Waals surface area contributed by atoms with Gasteiger partial charge in [-0.25, -0.2) is 13.4 Å². The van der Waals surface area contributed by atoms with E-state index in [2.05, 4.69) is 4.98 Å². The Morgan fingerprint density at radius 2 is 2.06 bits per heavy atom. The van der Waals surface area contributed by atoms with Gasteiger partial charge in [-0.05, 0) is 25.7 Å². The number of aromatic nitrogens is 1. The van der Waals surface area contributed by atoms with E-state index in [1.807, 2.05) is 0 Å². The van der Waals surface area contributed by atoms with Gasteiger partial charge in [-0.3, -0.25) is 0 Å². The first kappa shape index (κ1) is 14.2. The van der Waals surface area contributed by atoms with Crippen molar-refractivity contribution in [2.75, 3.05) is 13.6 Å². The monoisotopic (exact) mass is 308 g/mol. The number of rotatable bonds is 4. The van der Waals surface area contributed by atoms with Crippen LogP contribution in [-0.2, 0) is 10.0 Å². The molecule has 0 aromatic carbocycles. The van der Waals surface area contributed by atoms with Crippen LogP contribution in [0, 0.1) is 12.8 Å². The highest BCUT2D eigenvalue weighted by Gasteiger charge is 2.29. The van der Waals surface area contributed by atoms with E-state index in [1.54, 1.807) is 14.0 Å². The van der Waals surface area contributed by atoms with Crippen LogP contribution in [-0.4, -0.2) is 31.3 Å². The lowest BCUT2D eigenvalue weighted by Crippen LogP contribution is -2.31. The highest BCUT2D eigenvalue weighted by atomic mass is 35.5. The number of thiazole rings is 1. The van der Waals surface area contributed by atoms with E-state index in [-0.39, 0.29) is 8.68 Å². The molecule has 0 aliphatic heterocycles. The minimum absolute atomic E-state index is 0.271. The van der Waals surface area contributed by atoms with E-state index in [0.29, 0.717) is 18.2 Å². The van der Waals surface area contributed by atoms with Gasteiger partial charge in [-0.15, -0.1) is 0 Å². The number of sulfonamides is 1. The summed E-state index contributed by atoms with van der Waals surface area (Å²) < 4.78 is 26.8. The SMILES string of the molecule is Cc1nc(Cl)sc1S(=O)(=O)N(C)CC1CCCC1. The second-order valence-corrected chi connectivity index (χ2v) is 8.60. The lowest BCUT2D eigenvalue weighted by Gasteiger charge is -2.20. The Kier molecular flexibility index (Phi) is 4.31. The number of nitrogens with zero attached hydrogens (tertiary/aromatic N) is 2. The lowest BCUT2D eigenvalue weighted by molar-refractivity contribution is 0.388. The van der Waals surface area contributed by atoms with Crippen molar-refractivity contribution in [3.05, 3.63) is 10.2 Å². The predicted octanol–water partition coefficient (Wildman–Crippen LogP) is 2.92. The summed E-state index contributed by atoms with van der Waals surface area (Å²) in [6.07, 6.45) is 4.68. The van der Waals surface area contributed by atoms with Crippen molar-refractivity contribution in [2.45, 2.75) is 36.8 Å². The minimum atomic E-state index is -3.43. The average Bonchev–Trinajstić information content (AvgIpc) is 2.88. The molecule has 0 unspecified atom stereocenters. The van der Waals surface area contributed by atoms with Gasteiger partial charge in [0.2, 0.25) is 0 Å². The summed E-state index contributed by atoms with van der Waals surface area (Å²) in [4.78, 5) is 3.97. The maximum absolute atomic E-state index is 12.4. The Morgan fingerprint density at radius 1 is 1.44 bits per heavy atom. The van der Waals surface area contributed by atoms with E-state index in [0.717, 1.165) is 24.2 Å². The zero-order valence-electron chi connectivity index (χ0n) is 10.5. The molecular formula is C11H17ClN2O2S2. The molecule has 1 aromatic heterocycles. The van der Waals surface area contributed by atoms with E-state index < -0.39 is 10.0 Å². The van der Waals surface area contributed by atoms with Gasteiger partial charge in [-0.2, -0.15) is 4.31 Å². The van der Waals surface area contributed by atoms with Gasteiger partial charge in [0, 0.05) is 13.6 Å². The molecule has 2 rings (SSSR count). The first-order valence-electron chi connectivity index (χ1n) is 6.00. The zero-order chi connectivity index (χ0) is 13.3. The van der Waals surface area contributed by atoms with Crippen molar-refractivity contribution in [2.24, 2.45) is 5.92 Å². The summed E-state index contributed by atoms with van der Waals surface area (Å²) in [7, 11) is -1.79. The van der Waals surface area contributed by atoms with E-state index in [9.17, 15) is 8.42 Å². The van der Waals surface area contributed by atoms with Crippen molar-refractivity contribution in [1.29, 1.82) is 0 Å². The summed E-state index contributed by atoms with van der Waals surface area (Å²) in [5.41, 5.74) is 0.489. The molecule has 1 aliphatic carbocycles. The second-order valence-electron chi connectivity index (χ2n) is 4.78. The molecule has 102 valence electrons. The zero-order valence-corrected chi connectivity index (χ0v) is 12.9. The fourth-order valence-corrected chi connectivity index (χ4v) is 5.56. The summed E-state index contributed by atoms with van der Waals surface area (Å²) >= 11 is 6.80. The third-order valence-corrected chi connectivity index (χ3v) is 7.03. The van der Waals surface area contributed by atoms with Crippen molar-refractivity contribution in [3.8, 4) is 0 Å². The van der Waals surface area contributed by atoms with Gasteiger partial charge in [0.15, 0.2) is 8.68 Å². The first-order chi connectivity index (χ1) is 8.41. The number of aryl methyl sites for hydroxylation is 1. The molecule has 0 radical (unpaired) electrons. The lowest BCUT2D eigenvalue weighted by atomic mass is 10.1. The Morgan fingerprint density at radius 3 is 2.56 bits per heavy atom.